The van der Waals surface area contributed by atoms with Crippen molar-refractivity contribution in [3.63, 3.8) is 0 Å². The van der Waals surface area contributed by atoms with Crippen molar-refractivity contribution in [2.24, 2.45) is 0 Å². The van der Waals surface area contributed by atoms with Gasteiger partial charge in [-0.1, -0.05) is 28.9 Å². The first-order chi connectivity index (χ1) is 14.9. The van der Waals surface area contributed by atoms with Gasteiger partial charge in [-0.3, -0.25) is 14.4 Å². The number of hydrogen-bond acceptors (Lipinski definition) is 6. The van der Waals surface area contributed by atoms with Crippen LogP contribution in [0.25, 0.3) is 0 Å². The molecule has 2 aromatic carbocycles. The number of fused-ring (bicyclic) bond motifs is 1. The number of benzene rings is 2. The van der Waals surface area contributed by atoms with Crippen LogP contribution in [0, 0.1) is 13.8 Å². The van der Waals surface area contributed by atoms with E-state index < -0.39 is 11.8 Å². The Morgan fingerprint density at radius 1 is 1.13 bits per heavy atom. The molecule has 1 aromatic heterocycles. The zero-order valence-corrected chi connectivity index (χ0v) is 18.3. The molecule has 0 atom stereocenters. The summed E-state index contributed by atoms with van der Waals surface area (Å²) < 4.78 is 5.12. The molecule has 0 unspecified atom stereocenters. The molecule has 3 amide bonds. The molecule has 1 aliphatic heterocycles. The summed E-state index contributed by atoms with van der Waals surface area (Å²) in [7, 11) is 0. The summed E-state index contributed by atoms with van der Waals surface area (Å²) in [6, 6.07) is 11.3. The molecule has 2 heterocycles. The fourth-order valence-electron chi connectivity index (χ4n) is 3.32. The van der Waals surface area contributed by atoms with Crippen LogP contribution in [0.2, 0.25) is 5.02 Å². The Labute approximate surface area is 187 Å². The number of rotatable bonds is 6. The lowest BCUT2D eigenvalue weighted by atomic mass is 10.1. The second-order valence-corrected chi connectivity index (χ2v) is 8.39. The minimum absolute atomic E-state index is 0.190. The maximum absolute atomic E-state index is 12.6. The standard InChI is InChI=1S/C22H18ClN3O4S/c1-12-17(13(2)30-25-12)10-31-11-20(27)24-14-7-8-19(18(23)9-14)26-21(28)15-5-3-4-6-16(15)22(26)29/h3-9H,10-11H2,1-2H3,(H,24,27). The van der Waals surface area contributed by atoms with Crippen LogP contribution in [0.3, 0.4) is 0 Å². The lowest BCUT2D eigenvalue weighted by Crippen LogP contribution is -2.29. The highest BCUT2D eigenvalue weighted by molar-refractivity contribution is 7.99. The minimum atomic E-state index is -0.421. The topological polar surface area (TPSA) is 92.5 Å². The fourth-order valence-corrected chi connectivity index (χ4v) is 4.57. The highest BCUT2D eigenvalue weighted by atomic mass is 35.5. The number of aryl methyl sites for hydroxylation is 2. The van der Waals surface area contributed by atoms with E-state index in [1.54, 1.807) is 36.4 Å². The predicted molar refractivity (Wildman–Crippen MR) is 120 cm³/mol. The third kappa shape index (κ3) is 4.08. The monoisotopic (exact) mass is 455 g/mol. The molecule has 0 fully saturated rings. The summed E-state index contributed by atoms with van der Waals surface area (Å²) in [6.45, 7) is 3.71. The van der Waals surface area contributed by atoms with E-state index in [9.17, 15) is 14.4 Å². The van der Waals surface area contributed by atoms with Crippen LogP contribution in [0.5, 0.6) is 0 Å². The smallest absolute Gasteiger partial charge is 0.266 e. The first kappa shape index (κ1) is 21.1. The third-order valence-corrected chi connectivity index (χ3v) is 6.19. The molecule has 31 heavy (non-hydrogen) atoms. The zero-order valence-electron chi connectivity index (χ0n) is 16.8. The van der Waals surface area contributed by atoms with E-state index in [1.165, 1.54) is 17.8 Å². The van der Waals surface area contributed by atoms with Gasteiger partial charge in [0, 0.05) is 17.0 Å². The molecule has 0 radical (unpaired) electrons. The lowest BCUT2D eigenvalue weighted by molar-refractivity contribution is -0.113. The van der Waals surface area contributed by atoms with Gasteiger partial charge < -0.3 is 9.84 Å². The summed E-state index contributed by atoms with van der Waals surface area (Å²) in [5.74, 6) is 0.572. The van der Waals surface area contributed by atoms with Crippen LogP contribution in [0.4, 0.5) is 11.4 Å². The number of imide groups is 1. The summed E-state index contributed by atoms with van der Waals surface area (Å²) in [4.78, 5) is 38.6. The Bertz CT molecular complexity index is 1150. The molecule has 0 saturated heterocycles. The maximum Gasteiger partial charge on any atom is 0.266 e. The van der Waals surface area contributed by atoms with Crippen LogP contribution in [-0.2, 0) is 10.5 Å². The molecule has 7 nitrogen and oxygen atoms in total. The summed E-state index contributed by atoms with van der Waals surface area (Å²) in [5.41, 5.74) is 3.26. The average molecular weight is 456 g/mol. The first-order valence-electron chi connectivity index (χ1n) is 9.43. The third-order valence-electron chi connectivity index (χ3n) is 4.93. The van der Waals surface area contributed by atoms with Crippen molar-refractivity contribution in [3.05, 3.63) is 75.6 Å². The number of carbonyl (C=O) groups is 3. The van der Waals surface area contributed by atoms with Crippen molar-refractivity contribution in [2.75, 3.05) is 16.0 Å². The van der Waals surface area contributed by atoms with Crippen LogP contribution in [-0.4, -0.2) is 28.6 Å². The molecule has 9 heteroatoms. The van der Waals surface area contributed by atoms with Gasteiger partial charge in [0.05, 0.1) is 33.3 Å². The van der Waals surface area contributed by atoms with Crippen LogP contribution in [0.1, 0.15) is 37.7 Å². The molecule has 4 rings (SSSR count). The Balaban J connectivity index is 1.41. The molecule has 0 spiro atoms. The lowest BCUT2D eigenvalue weighted by Gasteiger charge is -2.16. The van der Waals surface area contributed by atoms with E-state index >= 15 is 0 Å². The fraction of sp³-hybridized carbons (Fsp3) is 0.182. The average Bonchev–Trinajstić information content (AvgIpc) is 3.19. The summed E-state index contributed by atoms with van der Waals surface area (Å²) in [6.07, 6.45) is 0. The van der Waals surface area contributed by atoms with E-state index in [0.717, 1.165) is 21.9 Å². The number of aromatic nitrogens is 1. The SMILES string of the molecule is Cc1noc(C)c1CSCC(=O)Nc1ccc(N2C(=O)c3ccccc3C2=O)c(Cl)c1. The predicted octanol–water partition coefficient (Wildman–Crippen LogP) is 4.62. The van der Waals surface area contributed by atoms with Gasteiger partial charge in [-0.2, -0.15) is 0 Å². The van der Waals surface area contributed by atoms with Gasteiger partial charge in [0.2, 0.25) is 5.91 Å². The number of carbonyl (C=O) groups excluding carboxylic acids is 3. The number of thioether (sulfide) groups is 1. The van der Waals surface area contributed by atoms with E-state index in [-0.39, 0.29) is 22.4 Å². The summed E-state index contributed by atoms with van der Waals surface area (Å²) >= 11 is 7.80. The van der Waals surface area contributed by atoms with Crippen LogP contribution in [0.15, 0.2) is 47.0 Å². The second-order valence-electron chi connectivity index (χ2n) is 7.00. The second kappa shape index (κ2) is 8.56. The van der Waals surface area contributed by atoms with Crippen molar-refractivity contribution < 1.29 is 18.9 Å². The summed E-state index contributed by atoms with van der Waals surface area (Å²) in [5, 5.41) is 6.87. The molecule has 0 bridgehead atoms. The Morgan fingerprint density at radius 3 is 2.39 bits per heavy atom. The maximum atomic E-state index is 12.6. The molecule has 0 saturated carbocycles. The van der Waals surface area contributed by atoms with Crippen molar-refractivity contribution in [1.82, 2.24) is 5.16 Å². The van der Waals surface area contributed by atoms with Gasteiger partial charge in [0.1, 0.15) is 5.76 Å². The molecular weight excluding hydrogens is 438 g/mol. The van der Waals surface area contributed by atoms with Gasteiger partial charge in [0.15, 0.2) is 0 Å². The van der Waals surface area contributed by atoms with Crippen LogP contribution >= 0.6 is 23.4 Å². The Morgan fingerprint density at radius 2 is 1.81 bits per heavy atom. The van der Waals surface area contributed by atoms with Crippen LogP contribution < -0.4 is 10.2 Å². The minimum Gasteiger partial charge on any atom is -0.361 e. The van der Waals surface area contributed by atoms with Crippen molar-refractivity contribution in [1.29, 1.82) is 0 Å². The Kier molecular flexibility index (Phi) is 5.84. The van der Waals surface area contributed by atoms with Gasteiger partial charge in [-0.05, 0) is 44.2 Å². The molecule has 1 aliphatic rings. The highest BCUT2D eigenvalue weighted by Crippen LogP contribution is 2.34. The first-order valence-corrected chi connectivity index (χ1v) is 11.0. The van der Waals surface area contributed by atoms with E-state index in [0.29, 0.717) is 22.6 Å². The molecule has 158 valence electrons. The van der Waals surface area contributed by atoms with Crippen molar-refractivity contribution in [3.8, 4) is 0 Å². The van der Waals surface area contributed by atoms with Crippen molar-refractivity contribution in [2.45, 2.75) is 19.6 Å². The normalized spacial score (nSPS) is 12.9. The number of nitrogens with one attached hydrogen (secondary N) is 1. The Hall–Kier alpha value is -3.10. The van der Waals surface area contributed by atoms with Crippen molar-refractivity contribution >= 4 is 52.5 Å². The number of halogens is 1. The number of anilines is 2. The van der Waals surface area contributed by atoms with Gasteiger partial charge in [0.25, 0.3) is 11.8 Å². The molecule has 0 aliphatic carbocycles. The van der Waals surface area contributed by atoms with E-state index in [2.05, 4.69) is 10.5 Å². The number of amides is 3. The number of hydrogen-bond donors (Lipinski definition) is 1. The van der Waals surface area contributed by atoms with E-state index in [4.69, 9.17) is 16.1 Å². The van der Waals surface area contributed by atoms with Gasteiger partial charge >= 0.3 is 0 Å². The van der Waals surface area contributed by atoms with E-state index in [1.807, 2.05) is 13.8 Å². The largest absolute Gasteiger partial charge is 0.361 e. The quantitative estimate of drug-likeness (QED) is 0.545. The molecular formula is C22H18ClN3O4S. The van der Waals surface area contributed by atoms with Gasteiger partial charge in [-0.15, -0.1) is 11.8 Å². The number of nitrogens with zero attached hydrogens (tertiary/aromatic N) is 2. The molecule has 1 N–H and O–H groups in total. The highest BCUT2D eigenvalue weighted by Gasteiger charge is 2.37. The molecule has 3 aromatic rings. The zero-order chi connectivity index (χ0) is 22.1. The van der Waals surface area contributed by atoms with Gasteiger partial charge in [-0.25, -0.2) is 4.90 Å².